The fraction of sp³-hybridized carbons (Fsp3) is 0.364. The van der Waals surface area contributed by atoms with Crippen molar-refractivity contribution in [3.8, 4) is 0 Å². The molecular formula is C11H14N2O4S. The van der Waals surface area contributed by atoms with Gasteiger partial charge in [0.2, 0.25) is 5.91 Å². The lowest BCUT2D eigenvalue weighted by Crippen LogP contribution is -2.43. The van der Waals surface area contributed by atoms with Crippen LogP contribution in [0, 0.1) is 0 Å². The number of hydrogen-bond acceptors (Lipinski definition) is 4. The summed E-state index contributed by atoms with van der Waals surface area (Å²) in [6.45, 7) is 1.96. The summed E-state index contributed by atoms with van der Waals surface area (Å²) in [5.41, 5.74) is 4.92. The van der Waals surface area contributed by atoms with Gasteiger partial charge in [0.05, 0.1) is 11.3 Å². The Morgan fingerprint density at radius 1 is 1.44 bits per heavy atom. The monoisotopic (exact) mass is 270 g/mol. The van der Waals surface area contributed by atoms with Gasteiger partial charge >= 0.3 is 5.97 Å². The molecule has 0 aliphatic carbocycles. The lowest BCUT2D eigenvalue weighted by Gasteiger charge is -2.11. The van der Waals surface area contributed by atoms with Gasteiger partial charge in [-0.05, 0) is 18.6 Å². The van der Waals surface area contributed by atoms with Crippen molar-refractivity contribution in [2.75, 3.05) is 0 Å². The van der Waals surface area contributed by atoms with Crippen LogP contribution in [-0.2, 0) is 16.0 Å². The number of carbonyl (C=O) groups is 3. The number of nitrogens with two attached hydrogens (primary N) is 1. The number of rotatable bonds is 6. The first-order valence-corrected chi connectivity index (χ1v) is 6.16. The second-order valence-corrected chi connectivity index (χ2v) is 4.82. The van der Waals surface area contributed by atoms with Gasteiger partial charge in [-0.15, -0.1) is 11.3 Å². The molecule has 0 spiro atoms. The van der Waals surface area contributed by atoms with Crippen molar-refractivity contribution in [2.45, 2.75) is 25.8 Å². The number of aliphatic carboxylic acids is 1. The fourth-order valence-corrected chi connectivity index (χ4v) is 2.17. The summed E-state index contributed by atoms with van der Waals surface area (Å²) in [5, 5.41) is 11.1. The average Bonchev–Trinajstić information content (AvgIpc) is 2.75. The summed E-state index contributed by atoms with van der Waals surface area (Å²) in [6.07, 6.45) is 0.384. The molecule has 7 heteroatoms. The number of carbonyl (C=O) groups excluding carboxylic acids is 2. The van der Waals surface area contributed by atoms with Crippen LogP contribution in [0.3, 0.4) is 0 Å². The van der Waals surface area contributed by atoms with Gasteiger partial charge in [-0.3, -0.25) is 9.59 Å². The molecule has 1 aromatic rings. The van der Waals surface area contributed by atoms with E-state index in [9.17, 15) is 14.4 Å². The summed E-state index contributed by atoms with van der Waals surface area (Å²) in [7, 11) is 0. The zero-order chi connectivity index (χ0) is 13.7. The van der Waals surface area contributed by atoms with Gasteiger partial charge < -0.3 is 16.2 Å². The molecule has 2 amide bonds. The summed E-state index contributed by atoms with van der Waals surface area (Å²) in [6, 6.07) is 2.15. The number of primary amides is 1. The van der Waals surface area contributed by atoms with E-state index >= 15 is 0 Å². The molecule has 0 aromatic carbocycles. The van der Waals surface area contributed by atoms with Gasteiger partial charge in [0, 0.05) is 4.88 Å². The predicted octanol–water partition coefficient (Wildman–Crippen LogP) is 0.369. The van der Waals surface area contributed by atoms with Crippen LogP contribution in [-0.4, -0.2) is 28.9 Å². The van der Waals surface area contributed by atoms with Gasteiger partial charge in [-0.1, -0.05) is 6.92 Å². The van der Waals surface area contributed by atoms with Crippen LogP contribution in [0.4, 0.5) is 0 Å². The molecular weight excluding hydrogens is 256 g/mol. The van der Waals surface area contributed by atoms with Crippen molar-refractivity contribution in [3.05, 3.63) is 21.9 Å². The standard InChI is InChI=1S/C11H14N2O4S/c1-2-6-3-4-8(18-6)10(15)13-7(11(16)17)5-9(12)14/h3-4,7H,2,5H2,1H3,(H2,12,14)(H,13,15)(H,16,17)/t7-/m0/s1. The van der Waals surface area contributed by atoms with E-state index in [1.165, 1.54) is 11.3 Å². The second-order valence-electron chi connectivity index (χ2n) is 3.65. The fourth-order valence-electron chi connectivity index (χ4n) is 1.32. The Hall–Kier alpha value is -1.89. The van der Waals surface area contributed by atoms with Crippen LogP contribution in [0.25, 0.3) is 0 Å². The van der Waals surface area contributed by atoms with Crippen LogP contribution in [0.2, 0.25) is 0 Å². The minimum Gasteiger partial charge on any atom is -0.480 e. The van der Waals surface area contributed by atoms with Crippen molar-refractivity contribution >= 4 is 29.1 Å². The first-order chi connectivity index (χ1) is 8.43. The van der Waals surface area contributed by atoms with E-state index in [4.69, 9.17) is 10.8 Å². The Morgan fingerprint density at radius 2 is 2.11 bits per heavy atom. The molecule has 0 unspecified atom stereocenters. The molecule has 1 aromatic heterocycles. The number of amides is 2. The molecule has 0 saturated carbocycles. The number of carboxylic acid groups (broad SMARTS) is 1. The van der Waals surface area contributed by atoms with E-state index < -0.39 is 30.2 Å². The number of carboxylic acids is 1. The smallest absolute Gasteiger partial charge is 0.326 e. The van der Waals surface area contributed by atoms with E-state index in [0.717, 1.165) is 11.3 Å². The molecule has 1 atom stereocenters. The first-order valence-electron chi connectivity index (χ1n) is 5.34. The maximum absolute atomic E-state index is 11.8. The lowest BCUT2D eigenvalue weighted by molar-refractivity contribution is -0.140. The van der Waals surface area contributed by atoms with Gasteiger partial charge in [0.25, 0.3) is 5.91 Å². The molecule has 0 bridgehead atoms. The third kappa shape index (κ3) is 3.85. The normalized spacial score (nSPS) is 11.8. The van der Waals surface area contributed by atoms with Crippen molar-refractivity contribution in [1.29, 1.82) is 0 Å². The molecule has 6 nitrogen and oxygen atoms in total. The van der Waals surface area contributed by atoms with E-state index in [0.29, 0.717) is 4.88 Å². The minimum atomic E-state index is -1.29. The molecule has 0 aliphatic rings. The zero-order valence-corrected chi connectivity index (χ0v) is 10.6. The average molecular weight is 270 g/mol. The van der Waals surface area contributed by atoms with Crippen molar-refractivity contribution in [3.63, 3.8) is 0 Å². The second kappa shape index (κ2) is 6.15. The largest absolute Gasteiger partial charge is 0.480 e. The minimum absolute atomic E-state index is 0.419. The van der Waals surface area contributed by atoms with Gasteiger partial charge in [-0.2, -0.15) is 0 Å². The third-order valence-electron chi connectivity index (χ3n) is 2.24. The molecule has 1 heterocycles. The van der Waals surface area contributed by atoms with Crippen LogP contribution >= 0.6 is 11.3 Å². The van der Waals surface area contributed by atoms with Gasteiger partial charge in [0.15, 0.2) is 0 Å². The van der Waals surface area contributed by atoms with E-state index in [1.54, 1.807) is 6.07 Å². The van der Waals surface area contributed by atoms with E-state index in [-0.39, 0.29) is 0 Å². The number of aryl methyl sites for hydroxylation is 1. The van der Waals surface area contributed by atoms with Crippen molar-refractivity contribution in [1.82, 2.24) is 5.32 Å². The molecule has 0 saturated heterocycles. The van der Waals surface area contributed by atoms with Crippen LogP contribution in [0.1, 0.15) is 27.9 Å². The Balaban J connectivity index is 2.71. The SMILES string of the molecule is CCc1ccc(C(=O)N[C@@H](CC(N)=O)C(=O)O)s1. The number of thiophene rings is 1. The number of hydrogen-bond donors (Lipinski definition) is 3. The Bertz CT molecular complexity index is 469. The van der Waals surface area contributed by atoms with Gasteiger partial charge in [0.1, 0.15) is 6.04 Å². The summed E-state index contributed by atoms with van der Waals surface area (Å²) in [4.78, 5) is 34.7. The molecule has 0 fully saturated rings. The molecule has 1 rings (SSSR count). The highest BCUT2D eigenvalue weighted by Crippen LogP contribution is 2.16. The third-order valence-corrected chi connectivity index (χ3v) is 3.47. The zero-order valence-electron chi connectivity index (χ0n) is 9.80. The van der Waals surface area contributed by atoms with E-state index in [1.807, 2.05) is 13.0 Å². The highest BCUT2D eigenvalue weighted by atomic mass is 32.1. The Labute approximate surface area is 108 Å². The number of nitrogens with one attached hydrogen (secondary N) is 1. The summed E-state index contributed by atoms with van der Waals surface area (Å²) < 4.78 is 0. The predicted molar refractivity (Wildman–Crippen MR) is 66.4 cm³/mol. The lowest BCUT2D eigenvalue weighted by atomic mass is 10.2. The topological polar surface area (TPSA) is 109 Å². The molecule has 18 heavy (non-hydrogen) atoms. The van der Waals surface area contributed by atoms with Crippen LogP contribution in [0.5, 0.6) is 0 Å². The van der Waals surface area contributed by atoms with Crippen molar-refractivity contribution < 1.29 is 19.5 Å². The maximum Gasteiger partial charge on any atom is 0.326 e. The van der Waals surface area contributed by atoms with Gasteiger partial charge in [-0.25, -0.2) is 4.79 Å². The highest BCUT2D eigenvalue weighted by molar-refractivity contribution is 7.14. The molecule has 0 radical (unpaired) electrons. The maximum atomic E-state index is 11.8. The Kier molecular flexibility index (Phi) is 4.85. The summed E-state index contributed by atoms with van der Waals surface area (Å²) >= 11 is 1.29. The molecule has 4 N–H and O–H groups in total. The molecule has 0 aliphatic heterocycles. The van der Waals surface area contributed by atoms with Crippen molar-refractivity contribution in [2.24, 2.45) is 5.73 Å². The highest BCUT2D eigenvalue weighted by Gasteiger charge is 2.23. The van der Waals surface area contributed by atoms with E-state index in [2.05, 4.69) is 5.32 Å². The summed E-state index contributed by atoms with van der Waals surface area (Å²) in [5.74, 6) is -2.56. The Morgan fingerprint density at radius 3 is 2.56 bits per heavy atom. The first kappa shape index (κ1) is 14.2. The quantitative estimate of drug-likeness (QED) is 0.693. The molecule has 98 valence electrons. The van der Waals surface area contributed by atoms with Crippen LogP contribution in [0.15, 0.2) is 12.1 Å². The van der Waals surface area contributed by atoms with Crippen LogP contribution < -0.4 is 11.1 Å².